The van der Waals surface area contributed by atoms with Crippen molar-refractivity contribution in [3.8, 4) is 0 Å². The lowest BCUT2D eigenvalue weighted by molar-refractivity contribution is -0.285. The molecule has 0 bridgehead atoms. The summed E-state index contributed by atoms with van der Waals surface area (Å²) in [4.78, 5) is 15.6. The highest BCUT2D eigenvalue weighted by Crippen LogP contribution is 2.23. The molecule has 1 aliphatic rings. The van der Waals surface area contributed by atoms with E-state index >= 15 is 0 Å². The summed E-state index contributed by atoms with van der Waals surface area (Å²) >= 11 is 0. The third-order valence-electron chi connectivity index (χ3n) is 2.98. The van der Waals surface area contributed by atoms with Gasteiger partial charge < -0.3 is 29.9 Å². The van der Waals surface area contributed by atoms with E-state index in [0.717, 1.165) is 0 Å². The first-order valence-electron chi connectivity index (χ1n) is 5.96. The van der Waals surface area contributed by atoms with Crippen molar-refractivity contribution in [2.75, 3.05) is 6.61 Å². The Bertz CT molecular complexity index is 454. The lowest BCUT2D eigenvalue weighted by Crippen LogP contribution is -2.59. The Morgan fingerprint density at radius 3 is 2.70 bits per heavy atom. The van der Waals surface area contributed by atoms with Crippen molar-refractivity contribution in [3.63, 3.8) is 0 Å². The van der Waals surface area contributed by atoms with Crippen molar-refractivity contribution < 1.29 is 34.7 Å². The van der Waals surface area contributed by atoms with E-state index in [1.807, 2.05) is 0 Å². The average Bonchev–Trinajstić information content (AvgIpc) is 2.48. The van der Waals surface area contributed by atoms with Gasteiger partial charge in [0.15, 0.2) is 12.4 Å². The molecule has 1 aliphatic heterocycles. The second-order valence-electron chi connectivity index (χ2n) is 4.34. The van der Waals surface area contributed by atoms with Crippen molar-refractivity contribution in [1.82, 2.24) is 4.98 Å². The van der Waals surface area contributed by atoms with Gasteiger partial charge in [-0.3, -0.25) is 4.98 Å². The van der Waals surface area contributed by atoms with Crippen LogP contribution < -0.4 is 0 Å². The third-order valence-corrected chi connectivity index (χ3v) is 2.98. The van der Waals surface area contributed by atoms with Crippen molar-refractivity contribution >= 4 is 5.97 Å². The summed E-state index contributed by atoms with van der Waals surface area (Å²) in [5.41, 5.74) is 0.133. The smallest absolute Gasteiger partial charge is 0.340 e. The standard InChI is InChI=1S/C12H15NO7/c14-5-7-8(15)10(9(16)12(18)19-7)20-11(17)6-2-1-3-13-4-6/h1-4,7-10,12,14-16,18H,5H2/t7-,8-,9-,10+,12-/m1/s1. The number of aromatic nitrogens is 1. The van der Waals surface area contributed by atoms with Gasteiger partial charge in [-0.25, -0.2) is 4.79 Å². The average molecular weight is 285 g/mol. The predicted octanol–water partition coefficient (Wildman–Crippen LogP) is -1.96. The van der Waals surface area contributed by atoms with Crippen molar-refractivity contribution in [2.24, 2.45) is 0 Å². The molecule has 0 spiro atoms. The highest BCUT2D eigenvalue weighted by molar-refractivity contribution is 5.89. The highest BCUT2D eigenvalue weighted by atomic mass is 16.7. The minimum atomic E-state index is -1.66. The second kappa shape index (κ2) is 6.25. The van der Waals surface area contributed by atoms with Crippen LogP contribution in [-0.4, -0.2) is 68.7 Å². The van der Waals surface area contributed by atoms with E-state index in [2.05, 4.69) is 4.98 Å². The number of aliphatic hydroxyl groups excluding tert-OH is 4. The fraction of sp³-hybridized carbons (Fsp3) is 0.500. The summed E-state index contributed by atoms with van der Waals surface area (Å²) in [6.07, 6.45) is -4.57. The van der Waals surface area contributed by atoms with Crippen LogP contribution in [0.15, 0.2) is 24.5 Å². The Hall–Kier alpha value is -1.58. The zero-order valence-electron chi connectivity index (χ0n) is 10.4. The number of pyridine rings is 1. The fourth-order valence-electron chi connectivity index (χ4n) is 1.88. The van der Waals surface area contributed by atoms with E-state index < -0.39 is 43.3 Å². The maximum atomic E-state index is 11.8. The number of hydrogen-bond acceptors (Lipinski definition) is 8. The molecule has 0 saturated carbocycles. The number of ether oxygens (including phenoxy) is 2. The Balaban J connectivity index is 2.11. The van der Waals surface area contributed by atoms with Crippen LogP contribution in [0.3, 0.4) is 0 Å². The summed E-state index contributed by atoms with van der Waals surface area (Å²) < 4.78 is 9.75. The Morgan fingerprint density at radius 1 is 1.35 bits per heavy atom. The van der Waals surface area contributed by atoms with Gasteiger partial charge in [0.1, 0.15) is 18.3 Å². The van der Waals surface area contributed by atoms with Crippen LogP contribution in [0.1, 0.15) is 10.4 Å². The fourth-order valence-corrected chi connectivity index (χ4v) is 1.88. The van der Waals surface area contributed by atoms with Gasteiger partial charge in [-0.15, -0.1) is 0 Å². The van der Waals surface area contributed by atoms with Crippen LogP contribution in [0.4, 0.5) is 0 Å². The summed E-state index contributed by atoms with van der Waals surface area (Å²) in [6.45, 7) is -0.591. The predicted molar refractivity (Wildman–Crippen MR) is 63.4 cm³/mol. The molecule has 2 heterocycles. The largest absolute Gasteiger partial charge is 0.453 e. The first-order chi connectivity index (χ1) is 9.54. The van der Waals surface area contributed by atoms with Gasteiger partial charge in [0, 0.05) is 12.4 Å². The lowest BCUT2D eigenvalue weighted by atomic mass is 9.99. The molecule has 1 aromatic rings. The Kier molecular flexibility index (Phi) is 4.63. The van der Waals surface area contributed by atoms with Gasteiger partial charge in [0.05, 0.1) is 12.2 Å². The molecule has 0 aromatic carbocycles. The minimum Gasteiger partial charge on any atom is -0.453 e. The number of hydrogen-bond donors (Lipinski definition) is 4. The molecule has 8 heteroatoms. The monoisotopic (exact) mass is 285 g/mol. The molecule has 0 unspecified atom stereocenters. The van der Waals surface area contributed by atoms with Gasteiger partial charge in [-0.2, -0.15) is 0 Å². The summed E-state index contributed by atoms with van der Waals surface area (Å²) in [6, 6.07) is 2.98. The molecule has 1 saturated heterocycles. The normalized spacial score (nSPS) is 33.7. The topological polar surface area (TPSA) is 129 Å². The van der Waals surface area contributed by atoms with Crippen LogP contribution in [0.25, 0.3) is 0 Å². The Labute approximate surface area is 114 Å². The summed E-state index contributed by atoms with van der Waals surface area (Å²) in [5, 5.41) is 38.0. The molecule has 0 radical (unpaired) electrons. The molecule has 0 amide bonds. The molecule has 8 nitrogen and oxygen atoms in total. The SMILES string of the molecule is O=C(O[C@@H]1[C@@H](O)[C@H](O)O[C@H](CO)[C@H]1O)c1cccnc1. The van der Waals surface area contributed by atoms with Crippen molar-refractivity contribution in [1.29, 1.82) is 0 Å². The molecule has 1 fully saturated rings. The quantitative estimate of drug-likeness (QED) is 0.471. The Morgan fingerprint density at radius 2 is 2.10 bits per heavy atom. The van der Waals surface area contributed by atoms with Crippen LogP contribution in [0, 0.1) is 0 Å². The number of aliphatic hydroxyl groups is 4. The van der Waals surface area contributed by atoms with E-state index in [1.165, 1.54) is 24.5 Å². The van der Waals surface area contributed by atoms with Crippen LogP contribution in [0.5, 0.6) is 0 Å². The molecular weight excluding hydrogens is 270 g/mol. The molecule has 0 aliphatic carbocycles. The van der Waals surface area contributed by atoms with Crippen LogP contribution in [0.2, 0.25) is 0 Å². The van der Waals surface area contributed by atoms with E-state index in [-0.39, 0.29) is 5.56 Å². The number of esters is 1. The van der Waals surface area contributed by atoms with Gasteiger partial charge >= 0.3 is 5.97 Å². The summed E-state index contributed by atoms with van der Waals surface area (Å²) in [7, 11) is 0. The third kappa shape index (κ3) is 2.94. The van der Waals surface area contributed by atoms with Crippen LogP contribution >= 0.6 is 0 Å². The number of carbonyl (C=O) groups excluding carboxylic acids is 1. The van der Waals surface area contributed by atoms with Crippen molar-refractivity contribution in [2.45, 2.75) is 30.7 Å². The minimum absolute atomic E-state index is 0.133. The molecule has 4 N–H and O–H groups in total. The van der Waals surface area contributed by atoms with Gasteiger partial charge in [0.2, 0.25) is 0 Å². The van der Waals surface area contributed by atoms with E-state index in [9.17, 15) is 20.1 Å². The van der Waals surface area contributed by atoms with E-state index in [0.29, 0.717) is 0 Å². The lowest BCUT2D eigenvalue weighted by Gasteiger charge is -2.39. The molecule has 5 atom stereocenters. The number of rotatable bonds is 3. The van der Waals surface area contributed by atoms with Gasteiger partial charge in [-0.05, 0) is 12.1 Å². The zero-order valence-corrected chi connectivity index (χ0v) is 10.4. The second-order valence-corrected chi connectivity index (χ2v) is 4.34. The zero-order chi connectivity index (χ0) is 14.7. The molecular formula is C12H15NO7. The van der Waals surface area contributed by atoms with Gasteiger partial charge in [0.25, 0.3) is 0 Å². The molecule has 2 rings (SSSR count). The molecule has 20 heavy (non-hydrogen) atoms. The van der Waals surface area contributed by atoms with Gasteiger partial charge in [-0.1, -0.05) is 0 Å². The molecule has 110 valence electrons. The molecule has 1 aromatic heterocycles. The number of nitrogens with zero attached hydrogens (tertiary/aromatic N) is 1. The number of carbonyl (C=O) groups is 1. The first kappa shape index (κ1) is 14.8. The summed E-state index contributed by atoms with van der Waals surface area (Å²) in [5.74, 6) is -0.813. The first-order valence-corrected chi connectivity index (χ1v) is 5.96. The van der Waals surface area contributed by atoms with E-state index in [1.54, 1.807) is 0 Å². The van der Waals surface area contributed by atoms with Crippen LogP contribution in [-0.2, 0) is 9.47 Å². The maximum absolute atomic E-state index is 11.8. The maximum Gasteiger partial charge on any atom is 0.340 e. The van der Waals surface area contributed by atoms with E-state index in [4.69, 9.17) is 14.6 Å². The highest BCUT2D eigenvalue weighted by Gasteiger charge is 2.46. The van der Waals surface area contributed by atoms with Crippen molar-refractivity contribution in [3.05, 3.63) is 30.1 Å².